The molecule has 4 heteroatoms. The van der Waals surface area contributed by atoms with Gasteiger partial charge in [-0.2, -0.15) is 0 Å². The van der Waals surface area contributed by atoms with Crippen LogP contribution >= 0.6 is 0 Å². The predicted molar refractivity (Wildman–Crippen MR) is 47.9 cm³/mol. The molecule has 0 radical (unpaired) electrons. The fourth-order valence-corrected chi connectivity index (χ4v) is 0.942. The molecule has 0 fully saturated rings. The third-order valence-electron chi connectivity index (χ3n) is 1.53. The van der Waals surface area contributed by atoms with Crippen LogP contribution in [0.2, 0.25) is 0 Å². The van der Waals surface area contributed by atoms with E-state index < -0.39 is 6.29 Å². The SMILES string of the molecule is CC(=O)Nc1ccc(C(O)O)cc1. The van der Waals surface area contributed by atoms with Crippen LogP contribution in [0.4, 0.5) is 5.69 Å². The topological polar surface area (TPSA) is 69.6 Å². The molecule has 1 aromatic carbocycles. The van der Waals surface area contributed by atoms with Crippen LogP contribution in [0.25, 0.3) is 0 Å². The van der Waals surface area contributed by atoms with Gasteiger partial charge in [-0.05, 0) is 12.1 Å². The Balaban J connectivity index is 2.75. The van der Waals surface area contributed by atoms with E-state index >= 15 is 0 Å². The second kappa shape index (κ2) is 4.02. The number of aliphatic hydroxyl groups is 2. The molecule has 0 heterocycles. The number of hydrogen-bond acceptors (Lipinski definition) is 3. The van der Waals surface area contributed by atoms with Crippen molar-refractivity contribution in [3.05, 3.63) is 29.8 Å². The molecular formula is C9H11NO3. The summed E-state index contributed by atoms with van der Waals surface area (Å²) in [4.78, 5) is 10.6. The highest BCUT2D eigenvalue weighted by molar-refractivity contribution is 5.88. The second-order valence-electron chi connectivity index (χ2n) is 2.68. The summed E-state index contributed by atoms with van der Waals surface area (Å²) in [6.45, 7) is 1.41. The maximum atomic E-state index is 10.6. The largest absolute Gasteiger partial charge is 0.364 e. The molecule has 0 unspecified atom stereocenters. The minimum Gasteiger partial charge on any atom is -0.364 e. The van der Waals surface area contributed by atoms with Gasteiger partial charge in [0.05, 0.1) is 0 Å². The molecule has 4 nitrogen and oxygen atoms in total. The minimum atomic E-state index is -1.47. The van der Waals surface area contributed by atoms with Crippen molar-refractivity contribution in [1.82, 2.24) is 0 Å². The number of benzene rings is 1. The number of hydrogen-bond donors (Lipinski definition) is 3. The van der Waals surface area contributed by atoms with E-state index in [-0.39, 0.29) is 5.91 Å². The number of anilines is 1. The van der Waals surface area contributed by atoms with Crippen LogP contribution in [0.1, 0.15) is 18.8 Å². The molecule has 0 spiro atoms. The van der Waals surface area contributed by atoms with Crippen molar-refractivity contribution < 1.29 is 15.0 Å². The summed E-state index contributed by atoms with van der Waals surface area (Å²) in [5, 5.41) is 20.1. The molecule has 1 amide bonds. The molecule has 13 heavy (non-hydrogen) atoms. The smallest absolute Gasteiger partial charge is 0.221 e. The lowest BCUT2D eigenvalue weighted by Gasteiger charge is -2.05. The Hall–Kier alpha value is -1.39. The number of carbonyl (C=O) groups is 1. The molecule has 0 bridgehead atoms. The average molecular weight is 181 g/mol. The minimum absolute atomic E-state index is 0.155. The van der Waals surface area contributed by atoms with Crippen molar-refractivity contribution in [2.24, 2.45) is 0 Å². The summed E-state index contributed by atoms with van der Waals surface area (Å²) in [6, 6.07) is 6.29. The zero-order valence-electron chi connectivity index (χ0n) is 7.19. The van der Waals surface area contributed by atoms with Crippen molar-refractivity contribution in [1.29, 1.82) is 0 Å². The van der Waals surface area contributed by atoms with Gasteiger partial charge in [0.15, 0.2) is 6.29 Å². The maximum absolute atomic E-state index is 10.6. The highest BCUT2D eigenvalue weighted by atomic mass is 16.5. The van der Waals surface area contributed by atoms with Crippen molar-refractivity contribution in [2.75, 3.05) is 5.32 Å². The lowest BCUT2D eigenvalue weighted by Crippen LogP contribution is -2.05. The molecule has 0 aliphatic heterocycles. The van der Waals surface area contributed by atoms with Gasteiger partial charge in [-0.3, -0.25) is 4.79 Å². The van der Waals surface area contributed by atoms with Crippen LogP contribution in [0, 0.1) is 0 Å². The molecule has 0 aromatic heterocycles. The summed E-state index contributed by atoms with van der Waals surface area (Å²) >= 11 is 0. The second-order valence-corrected chi connectivity index (χ2v) is 2.68. The Kier molecular flexibility index (Phi) is 3.00. The highest BCUT2D eigenvalue weighted by Gasteiger charge is 2.01. The lowest BCUT2D eigenvalue weighted by atomic mass is 10.2. The Morgan fingerprint density at radius 2 is 1.85 bits per heavy atom. The van der Waals surface area contributed by atoms with Crippen molar-refractivity contribution in [2.45, 2.75) is 13.2 Å². The first-order valence-corrected chi connectivity index (χ1v) is 3.83. The summed E-state index contributed by atoms with van der Waals surface area (Å²) < 4.78 is 0. The van der Waals surface area contributed by atoms with E-state index in [0.717, 1.165) is 0 Å². The van der Waals surface area contributed by atoms with Crippen LogP contribution in [-0.2, 0) is 4.79 Å². The molecule has 1 aromatic rings. The van der Waals surface area contributed by atoms with Crippen molar-refractivity contribution >= 4 is 11.6 Å². The molecule has 70 valence electrons. The van der Waals surface area contributed by atoms with Crippen LogP contribution in [-0.4, -0.2) is 16.1 Å². The monoisotopic (exact) mass is 181 g/mol. The van der Waals surface area contributed by atoms with Gasteiger partial charge in [0.1, 0.15) is 0 Å². The fraction of sp³-hybridized carbons (Fsp3) is 0.222. The van der Waals surface area contributed by atoms with Gasteiger partial charge in [0.2, 0.25) is 5.91 Å². The van der Waals surface area contributed by atoms with E-state index in [1.54, 1.807) is 12.1 Å². The lowest BCUT2D eigenvalue weighted by molar-refractivity contribution is -0.114. The molecule has 0 saturated heterocycles. The number of nitrogens with one attached hydrogen (secondary N) is 1. The van der Waals surface area contributed by atoms with Crippen LogP contribution in [0.3, 0.4) is 0 Å². The van der Waals surface area contributed by atoms with E-state index in [9.17, 15) is 4.79 Å². The van der Waals surface area contributed by atoms with Gasteiger partial charge in [0, 0.05) is 18.2 Å². The molecule has 0 atom stereocenters. The molecule has 0 aliphatic rings. The molecule has 0 saturated carbocycles. The third-order valence-corrected chi connectivity index (χ3v) is 1.53. The van der Waals surface area contributed by atoms with E-state index in [1.165, 1.54) is 19.1 Å². The number of carbonyl (C=O) groups excluding carboxylic acids is 1. The van der Waals surface area contributed by atoms with Gasteiger partial charge in [-0.25, -0.2) is 0 Å². The summed E-state index contributed by atoms with van der Waals surface area (Å²) in [7, 11) is 0. The Bertz CT molecular complexity index is 292. The standard InChI is InChI=1S/C9H11NO3/c1-6(11)10-8-4-2-7(3-5-8)9(12)13/h2-5,9,12-13H,1H3,(H,10,11). The quantitative estimate of drug-likeness (QED) is 0.586. The van der Waals surface area contributed by atoms with Crippen molar-refractivity contribution in [3.8, 4) is 0 Å². The number of aliphatic hydroxyl groups excluding tert-OH is 1. The van der Waals surface area contributed by atoms with Gasteiger partial charge in [0.25, 0.3) is 0 Å². The molecular weight excluding hydrogens is 170 g/mol. The van der Waals surface area contributed by atoms with Crippen LogP contribution < -0.4 is 5.32 Å². The van der Waals surface area contributed by atoms with Crippen LogP contribution in [0.5, 0.6) is 0 Å². The Labute approximate surface area is 75.8 Å². The summed E-state index contributed by atoms with van der Waals surface area (Å²) in [5.41, 5.74) is 1.03. The van der Waals surface area contributed by atoms with Gasteiger partial charge < -0.3 is 15.5 Å². The molecule has 3 N–H and O–H groups in total. The van der Waals surface area contributed by atoms with Crippen LogP contribution in [0.15, 0.2) is 24.3 Å². The number of rotatable bonds is 2. The van der Waals surface area contributed by atoms with E-state index in [2.05, 4.69) is 5.32 Å². The first-order chi connectivity index (χ1) is 6.09. The molecule has 0 aliphatic carbocycles. The highest BCUT2D eigenvalue weighted by Crippen LogP contribution is 2.13. The zero-order valence-corrected chi connectivity index (χ0v) is 7.19. The van der Waals surface area contributed by atoms with Crippen molar-refractivity contribution in [3.63, 3.8) is 0 Å². The summed E-state index contributed by atoms with van der Waals surface area (Å²) in [5.74, 6) is -0.155. The Morgan fingerprint density at radius 3 is 2.23 bits per heavy atom. The first kappa shape index (κ1) is 9.70. The average Bonchev–Trinajstić information content (AvgIpc) is 2.04. The Morgan fingerprint density at radius 1 is 1.31 bits per heavy atom. The first-order valence-electron chi connectivity index (χ1n) is 3.83. The van der Waals surface area contributed by atoms with E-state index in [0.29, 0.717) is 11.3 Å². The van der Waals surface area contributed by atoms with Gasteiger partial charge in [-0.1, -0.05) is 12.1 Å². The maximum Gasteiger partial charge on any atom is 0.221 e. The third kappa shape index (κ3) is 2.85. The van der Waals surface area contributed by atoms with Gasteiger partial charge >= 0.3 is 0 Å². The normalized spacial score (nSPS) is 10.2. The predicted octanol–water partition coefficient (Wildman–Crippen LogP) is 0.628. The summed E-state index contributed by atoms with van der Waals surface area (Å²) in [6.07, 6.45) is -1.47. The fourth-order valence-electron chi connectivity index (χ4n) is 0.942. The van der Waals surface area contributed by atoms with E-state index in [1.807, 2.05) is 0 Å². The number of amides is 1. The van der Waals surface area contributed by atoms with Gasteiger partial charge in [-0.15, -0.1) is 0 Å². The molecule has 1 rings (SSSR count). The zero-order chi connectivity index (χ0) is 9.84. The van der Waals surface area contributed by atoms with E-state index in [4.69, 9.17) is 10.2 Å².